The first-order chi connectivity index (χ1) is 12.9. The maximum atomic E-state index is 13.0. The minimum atomic E-state index is -0.497. The number of halogens is 2. The van der Waals surface area contributed by atoms with E-state index in [1.54, 1.807) is 23.7 Å². The molecular weight excluding hydrogens is 407 g/mol. The van der Waals surface area contributed by atoms with Gasteiger partial charge >= 0.3 is 0 Å². The Labute approximate surface area is 169 Å². The van der Waals surface area contributed by atoms with Gasteiger partial charge in [-0.1, -0.05) is 0 Å². The zero-order valence-corrected chi connectivity index (χ0v) is 16.3. The van der Waals surface area contributed by atoms with Gasteiger partial charge < -0.3 is 9.88 Å². The molecule has 0 radical (unpaired) electrons. The molecule has 0 aliphatic heterocycles. The molecule has 1 aromatic heterocycles. The van der Waals surface area contributed by atoms with Gasteiger partial charge in [-0.2, -0.15) is 0 Å². The van der Waals surface area contributed by atoms with Crippen molar-refractivity contribution >= 4 is 46.7 Å². The lowest BCUT2D eigenvalue weighted by Crippen LogP contribution is -2.19. The number of anilines is 1. The minimum Gasteiger partial charge on any atom is -0.326 e. The number of hydrogen-bond donors (Lipinski definition) is 1. The number of benzene rings is 2. The zero-order valence-electron chi connectivity index (χ0n) is 14.7. The van der Waals surface area contributed by atoms with Crippen molar-refractivity contribution < 1.29 is 14.1 Å². The molecule has 28 heavy (non-hydrogen) atoms. The van der Waals surface area contributed by atoms with Gasteiger partial charge in [0.1, 0.15) is 5.82 Å². The van der Waals surface area contributed by atoms with E-state index in [0.29, 0.717) is 16.2 Å². The van der Waals surface area contributed by atoms with Crippen LogP contribution in [0.5, 0.6) is 0 Å². The van der Waals surface area contributed by atoms with Crippen LogP contribution in [0.4, 0.5) is 21.5 Å². The van der Waals surface area contributed by atoms with Crippen LogP contribution in [0.1, 0.15) is 5.69 Å². The third kappa shape index (κ3) is 5.24. The highest BCUT2D eigenvalue weighted by atomic mass is 35.5. The van der Waals surface area contributed by atoms with E-state index in [1.807, 2.05) is 5.38 Å². The van der Waals surface area contributed by atoms with E-state index < -0.39 is 4.92 Å². The Bertz CT molecular complexity index is 1050. The van der Waals surface area contributed by atoms with Crippen LogP contribution in [-0.4, -0.2) is 15.4 Å². The summed E-state index contributed by atoms with van der Waals surface area (Å²) in [5, 5.41) is 15.2. The van der Waals surface area contributed by atoms with E-state index in [-0.39, 0.29) is 36.2 Å². The molecule has 0 bridgehead atoms. The largest absolute Gasteiger partial charge is 0.326 e. The first kappa shape index (κ1) is 21.3. The van der Waals surface area contributed by atoms with Crippen molar-refractivity contribution in [2.24, 2.45) is 12.0 Å². The Balaban J connectivity index is 0.00000280. The van der Waals surface area contributed by atoms with E-state index >= 15 is 0 Å². The van der Waals surface area contributed by atoms with Gasteiger partial charge in [0.05, 0.1) is 17.0 Å². The molecule has 146 valence electrons. The first-order valence-corrected chi connectivity index (χ1v) is 8.78. The highest BCUT2D eigenvalue weighted by Crippen LogP contribution is 2.16. The zero-order chi connectivity index (χ0) is 19.4. The standard InChI is InChI=1S/C18H15FN4O3S.ClH/c1-22-16(11-27-18(22)21-14-4-2-12(19)3-5-14)10-17(24)20-13-6-8-15(9-7-13)23(25)26;/h2-9,11H,10H2,1H3,(H,20,24);1H/b21-18+;. The van der Waals surface area contributed by atoms with E-state index in [1.165, 1.54) is 47.7 Å². The van der Waals surface area contributed by atoms with Gasteiger partial charge in [-0.05, 0) is 36.4 Å². The van der Waals surface area contributed by atoms with Crippen molar-refractivity contribution in [1.82, 2.24) is 4.57 Å². The van der Waals surface area contributed by atoms with Crippen LogP contribution >= 0.6 is 23.7 Å². The maximum absolute atomic E-state index is 13.0. The van der Waals surface area contributed by atoms with Crippen LogP contribution in [0.15, 0.2) is 58.9 Å². The first-order valence-electron chi connectivity index (χ1n) is 7.90. The van der Waals surface area contributed by atoms with E-state index in [4.69, 9.17) is 0 Å². The van der Waals surface area contributed by atoms with Crippen molar-refractivity contribution in [3.63, 3.8) is 0 Å². The molecule has 7 nitrogen and oxygen atoms in total. The van der Waals surface area contributed by atoms with Crippen LogP contribution in [0.3, 0.4) is 0 Å². The lowest BCUT2D eigenvalue weighted by molar-refractivity contribution is -0.384. The number of nitro benzene ring substituents is 1. The molecule has 0 aliphatic carbocycles. The molecule has 1 amide bonds. The summed E-state index contributed by atoms with van der Waals surface area (Å²) < 4.78 is 14.8. The summed E-state index contributed by atoms with van der Waals surface area (Å²) in [6.45, 7) is 0. The molecule has 0 saturated heterocycles. The fourth-order valence-corrected chi connectivity index (χ4v) is 3.24. The Morgan fingerprint density at radius 3 is 2.46 bits per heavy atom. The van der Waals surface area contributed by atoms with Gasteiger partial charge in [0.25, 0.3) is 5.69 Å². The molecule has 0 unspecified atom stereocenters. The summed E-state index contributed by atoms with van der Waals surface area (Å²) in [6.07, 6.45) is 0.128. The summed E-state index contributed by atoms with van der Waals surface area (Å²) >= 11 is 1.38. The monoisotopic (exact) mass is 422 g/mol. The lowest BCUT2D eigenvalue weighted by Gasteiger charge is -2.05. The van der Waals surface area contributed by atoms with E-state index in [9.17, 15) is 19.3 Å². The number of hydrogen-bond acceptors (Lipinski definition) is 5. The third-order valence-electron chi connectivity index (χ3n) is 3.77. The summed E-state index contributed by atoms with van der Waals surface area (Å²) in [7, 11) is 1.80. The topological polar surface area (TPSA) is 89.5 Å². The number of amides is 1. The molecule has 0 aliphatic rings. The fraction of sp³-hybridized carbons (Fsp3) is 0.111. The predicted molar refractivity (Wildman–Crippen MR) is 108 cm³/mol. The number of non-ortho nitro benzene ring substituents is 1. The highest BCUT2D eigenvalue weighted by molar-refractivity contribution is 7.07. The molecule has 0 spiro atoms. The number of thiazole rings is 1. The molecule has 10 heteroatoms. The van der Waals surface area contributed by atoms with Crippen molar-refractivity contribution in [3.8, 4) is 0 Å². The number of aromatic nitrogens is 1. The van der Waals surface area contributed by atoms with Gasteiger partial charge in [-0.25, -0.2) is 9.38 Å². The number of rotatable bonds is 5. The molecule has 1 N–H and O–H groups in total. The fourth-order valence-electron chi connectivity index (χ4n) is 2.33. The SMILES string of the molecule is Cl.Cn1c(CC(=O)Nc2ccc([N+](=O)[O-])cc2)cs/c1=N/c1ccc(F)cc1. The van der Waals surface area contributed by atoms with E-state index in [2.05, 4.69) is 10.3 Å². The molecule has 2 aromatic carbocycles. The van der Waals surface area contributed by atoms with Crippen LogP contribution < -0.4 is 10.1 Å². The van der Waals surface area contributed by atoms with Crippen molar-refractivity contribution in [2.75, 3.05) is 5.32 Å². The highest BCUT2D eigenvalue weighted by Gasteiger charge is 2.10. The van der Waals surface area contributed by atoms with Crippen LogP contribution in [0.25, 0.3) is 0 Å². The minimum absolute atomic E-state index is 0. The molecule has 3 rings (SSSR count). The van der Waals surface area contributed by atoms with Crippen molar-refractivity contribution in [3.05, 3.63) is 80.3 Å². The van der Waals surface area contributed by atoms with E-state index in [0.717, 1.165) is 5.69 Å². The average molecular weight is 423 g/mol. The second kappa shape index (κ2) is 9.25. The summed E-state index contributed by atoms with van der Waals surface area (Å²) in [5.74, 6) is -0.571. The third-order valence-corrected chi connectivity index (χ3v) is 4.74. The predicted octanol–water partition coefficient (Wildman–Crippen LogP) is 3.97. The van der Waals surface area contributed by atoms with Gasteiger partial charge in [0, 0.05) is 35.9 Å². The average Bonchev–Trinajstić information content (AvgIpc) is 2.97. The van der Waals surface area contributed by atoms with Gasteiger partial charge in [0.15, 0.2) is 4.80 Å². The molecule has 0 saturated carbocycles. The molecule has 1 heterocycles. The van der Waals surface area contributed by atoms with Crippen LogP contribution in [0.2, 0.25) is 0 Å². The van der Waals surface area contributed by atoms with Gasteiger partial charge in [0.2, 0.25) is 5.91 Å². The second-order valence-corrected chi connectivity index (χ2v) is 6.52. The molecule has 0 fully saturated rings. The van der Waals surface area contributed by atoms with Crippen molar-refractivity contribution in [1.29, 1.82) is 0 Å². The molecular formula is C18H16ClFN4O3S. The Hall–Kier alpha value is -3.04. The number of carbonyl (C=O) groups is 1. The number of carbonyl (C=O) groups excluding carboxylic acids is 1. The van der Waals surface area contributed by atoms with Crippen LogP contribution in [0, 0.1) is 15.9 Å². The Morgan fingerprint density at radius 1 is 1.21 bits per heavy atom. The Morgan fingerprint density at radius 2 is 1.86 bits per heavy atom. The molecule has 0 atom stereocenters. The summed E-state index contributed by atoms with van der Waals surface area (Å²) in [5.41, 5.74) is 1.83. The summed E-state index contributed by atoms with van der Waals surface area (Å²) in [6, 6.07) is 11.5. The molecule has 3 aromatic rings. The number of nitrogens with one attached hydrogen (secondary N) is 1. The smallest absolute Gasteiger partial charge is 0.269 e. The maximum Gasteiger partial charge on any atom is 0.269 e. The van der Waals surface area contributed by atoms with Gasteiger partial charge in [-0.3, -0.25) is 14.9 Å². The summed E-state index contributed by atoms with van der Waals surface area (Å²) in [4.78, 5) is 27.5. The number of nitrogens with zero attached hydrogens (tertiary/aromatic N) is 3. The normalized spacial score (nSPS) is 11.0. The quantitative estimate of drug-likeness (QED) is 0.498. The van der Waals surface area contributed by atoms with Gasteiger partial charge in [-0.15, -0.1) is 23.7 Å². The van der Waals surface area contributed by atoms with Crippen LogP contribution in [-0.2, 0) is 18.3 Å². The lowest BCUT2D eigenvalue weighted by atomic mass is 10.2. The Kier molecular flexibility index (Phi) is 7.02. The second-order valence-electron chi connectivity index (χ2n) is 5.69. The van der Waals surface area contributed by atoms with Crippen molar-refractivity contribution in [2.45, 2.75) is 6.42 Å². The number of nitro groups is 1.